The third kappa shape index (κ3) is 6.37. The van der Waals surface area contributed by atoms with Crippen LogP contribution in [-0.2, 0) is 16.7 Å². The molecule has 9 nitrogen and oxygen atoms in total. The zero-order valence-electron chi connectivity index (χ0n) is 20.2. The predicted molar refractivity (Wildman–Crippen MR) is 141 cm³/mol. The number of imidazole rings is 1. The van der Waals surface area contributed by atoms with Crippen molar-refractivity contribution in [1.82, 2.24) is 29.9 Å². The van der Waals surface area contributed by atoms with Crippen molar-refractivity contribution in [2.24, 2.45) is 5.92 Å². The quantitative estimate of drug-likeness (QED) is 0.281. The Morgan fingerprint density at radius 3 is 2.41 bits per heavy atom. The summed E-state index contributed by atoms with van der Waals surface area (Å²) in [5, 5.41) is 8.74. The number of H-pyrrole nitrogens is 1. The number of hydrogen-bond acceptors (Lipinski definition) is 6. The lowest BCUT2D eigenvalue weighted by Gasteiger charge is -2.06. The fraction of sp³-hybridized carbons (Fsp3) is 0.200. The van der Waals surface area contributed by atoms with Crippen molar-refractivity contribution < 1.29 is 17.4 Å². The molecule has 12 heteroatoms. The van der Waals surface area contributed by atoms with Gasteiger partial charge in [0, 0.05) is 12.1 Å². The fourth-order valence-electron chi connectivity index (χ4n) is 3.67. The van der Waals surface area contributed by atoms with Crippen LogP contribution >= 0.6 is 11.6 Å². The number of hydrogen-bond donors (Lipinski definition) is 2. The van der Waals surface area contributed by atoms with Crippen LogP contribution in [0.2, 0.25) is 5.02 Å². The summed E-state index contributed by atoms with van der Waals surface area (Å²) in [5.41, 5.74) is 4.50. The smallest absolute Gasteiger partial charge is 0.261 e. The number of nitrogens with one attached hydrogen (secondary N) is 1. The van der Waals surface area contributed by atoms with E-state index in [2.05, 4.69) is 29.1 Å². The molecule has 2 N–H and O–H groups in total. The Balaban J connectivity index is 0.000000586. The first-order valence-electron chi connectivity index (χ1n) is 11.2. The molecule has 0 unspecified atom stereocenters. The molecule has 3 aromatic heterocycles. The maximum Gasteiger partial charge on any atom is 0.261 e. The van der Waals surface area contributed by atoms with E-state index >= 15 is 0 Å². The molecule has 0 radical (unpaired) electrons. The minimum Gasteiger partial charge on any atom is -0.337 e. The second kappa shape index (κ2) is 10.8. The monoisotopic (exact) mass is 542 g/mol. The Morgan fingerprint density at radius 1 is 1.05 bits per heavy atom. The first kappa shape index (κ1) is 26.4. The van der Waals surface area contributed by atoms with Gasteiger partial charge in [0.1, 0.15) is 22.9 Å². The summed E-state index contributed by atoms with van der Waals surface area (Å²) in [4.78, 5) is 12.8. The fourth-order valence-corrected chi connectivity index (χ4v) is 3.92. The van der Waals surface area contributed by atoms with Gasteiger partial charge in [0.05, 0.1) is 28.2 Å². The number of benzene rings is 2. The first-order chi connectivity index (χ1) is 17.5. The van der Waals surface area contributed by atoms with Crippen molar-refractivity contribution in [3.05, 3.63) is 71.5 Å². The van der Waals surface area contributed by atoms with E-state index < -0.39 is 15.9 Å². The third-order valence-corrected chi connectivity index (χ3v) is 5.42. The summed E-state index contributed by atoms with van der Waals surface area (Å²) in [6.45, 7) is 4.93. The molecule has 3 heterocycles. The highest BCUT2D eigenvalue weighted by Crippen LogP contribution is 2.36. The average molecular weight is 543 g/mol. The molecule has 0 atom stereocenters. The molecule has 5 rings (SSSR count). The van der Waals surface area contributed by atoms with Gasteiger partial charge < -0.3 is 4.98 Å². The van der Waals surface area contributed by atoms with Crippen LogP contribution < -0.4 is 0 Å². The number of halogens is 2. The van der Waals surface area contributed by atoms with E-state index in [1.54, 1.807) is 16.8 Å². The van der Waals surface area contributed by atoms with Crippen LogP contribution in [0.5, 0.6) is 0 Å². The molecule has 5 aromatic rings. The Labute approximate surface area is 218 Å². The van der Waals surface area contributed by atoms with Crippen LogP contribution in [0.3, 0.4) is 0 Å². The van der Waals surface area contributed by atoms with E-state index in [4.69, 9.17) is 26.1 Å². The highest BCUT2D eigenvalue weighted by atomic mass is 35.5. The largest absolute Gasteiger partial charge is 0.337 e. The molecule has 0 amide bonds. The van der Waals surface area contributed by atoms with Gasteiger partial charge in [-0.05, 0) is 30.2 Å². The molecule has 0 spiro atoms. The summed E-state index contributed by atoms with van der Waals surface area (Å²) in [6, 6.07) is 18.1. The predicted octanol–water partition coefficient (Wildman–Crippen LogP) is 5.50. The van der Waals surface area contributed by atoms with Crippen LogP contribution in [-0.4, -0.2) is 49.2 Å². The highest BCUT2D eigenvalue weighted by Gasteiger charge is 2.21. The molecule has 0 bridgehead atoms. The molecule has 192 valence electrons. The van der Waals surface area contributed by atoms with Crippen LogP contribution in [0, 0.1) is 11.7 Å². The molecule has 0 fully saturated rings. The van der Waals surface area contributed by atoms with E-state index in [9.17, 15) is 12.8 Å². The number of fused-ring (bicyclic) bond motifs is 1. The normalized spacial score (nSPS) is 11.5. The summed E-state index contributed by atoms with van der Waals surface area (Å²) in [5.74, 6) is 0.295. The van der Waals surface area contributed by atoms with Gasteiger partial charge in [0.25, 0.3) is 10.1 Å². The van der Waals surface area contributed by atoms with Gasteiger partial charge in [0.15, 0.2) is 5.65 Å². The third-order valence-electron chi connectivity index (χ3n) is 5.11. The molecular formula is C25H24ClFN6O3S. The van der Waals surface area contributed by atoms with Crippen molar-refractivity contribution in [1.29, 1.82) is 0 Å². The van der Waals surface area contributed by atoms with Crippen molar-refractivity contribution in [3.8, 4) is 34.0 Å². The van der Waals surface area contributed by atoms with Gasteiger partial charge in [-0.15, -0.1) is 5.10 Å². The highest BCUT2D eigenvalue weighted by molar-refractivity contribution is 7.85. The van der Waals surface area contributed by atoms with Gasteiger partial charge in [-0.25, -0.2) is 19.0 Å². The number of pyridine rings is 1. The molecule has 37 heavy (non-hydrogen) atoms. The second-order valence-electron chi connectivity index (χ2n) is 8.71. The van der Waals surface area contributed by atoms with Crippen LogP contribution in [0.15, 0.2) is 60.7 Å². The van der Waals surface area contributed by atoms with Crippen LogP contribution in [0.25, 0.3) is 45.2 Å². The van der Waals surface area contributed by atoms with Gasteiger partial charge in [-0.2, -0.15) is 8.42 Å². The Kier molecular flexibility index (Phi) is 7.67. The van der Waals surface area contributed by atoms with Crippen molar-refractivity contribution in [2.75, 3.05) is 6.26 Å². The number of aromatic nitrogens is 6. The standard InChI is InChI=1S/C24H20ClFN6.CH4O3S/c1-14(2)13-32-24-19(30-31-32)12-11-18(27-24)22-21(15-7-4-3-5-8-15)28-23(29-22)20-16(25)9-6-10-17(20)26;1-5(2,3)4/h3-12,14H,13H2,1-2H3,(H,28,29);1H3,(H,2,3,4). The molecule has 0 aliphatic carbocycles. The Morgan fingerprint density at radius 2 is 1.76 bits per heavy atom. The van der Waals surface area contributed by atoms with Crippen molar-refractivity contribution in [3.63, 3.8) is 0 Å². The summed E-state index contributed by atoms with van der Waals surface area (Å²) < 4.78 is 42.3. The molecule has 2 aromatic carbocycles. The lowest BCUT2D eigenvalue weighted by Crippen LogP contribution is -2.07. The summed E-state index contributed by atoms with van der Waals surface area (Å²) >= 11 is 6.31. The second-order valence-corrected chi connectivity index (χ2v) is 10.6. The van der Waals surface area contributed by atoms with E-state index in [-0.39, 0.29) is 10.6 Å². The zero-order chi connectivity index (χ0) is 26.7. The lowest BCUT2D eigenvalue weighted by atomic mass is 10.1. The SMILES string of the molecule is CC(C)Cn1nnc2ccc(-c3nc(-c4c(F)cccc4Cl)[nH]c3-c3ccccc3)nc21.CS(=O)(=O)O. The maximum absolute atomic E-state index is 14.6. The van der Waals surface area contributed by atoms with Crippen molar-refractivity contribution in [2.45, 2.75) is 20.4 Å². The lowest BCUT2D eigenvalue weighted by molar-refractivity contribution is 0.480. The van der Waals surface area contributed by atoms with Gasteiger partial charge in [0.2, 0.25) is 0 Å². The van der Waals surface area contributed by atoms with Crippen molar-refractivity contribution >= 4 is 32.9 Å². The molecule has 0 saturated heterocycles. The van der Waals surface area contributed by atoms with E-state index in [0.717, 1.165) is 11.3 Å². The summed E-state index contributed by atoms with van der Waals surface area (Å²) in [6.07, 6.45) is 0.715. The molecule has 0 aliphatic rings. The maximum atomic E-state index is 14.6. The number of rotatable bonds is 5. The van der Waals surface area contributed by atoms with Gasteiger partial charge >= 0.3 is 0 Å². The van der Waals surface area contributed by atoms with Crippen LogP contribution in [0.1, 0.15) is 13.8 Å². The minimum atomic E-state index is -3.67. The molecule has 0 aliphatic heterocycles. The number of nitrogens with zero attached hydrogens (tertiary/aromatic N) is 5. The topological polar surface area (TPSA) is 127 Å². The minimum absolute atomic E-state index is 0.227. The zero-order valence-corrected chi connectivity index (χ0v) is 21.8. The van der Waals surface area contributed by atoms with E-state index in [1.165, 1.54) is 6.07 Å². The summed E-state index contributed by atoms with van der Waals surface area (Å²) in [7, 11) is -3.67. The van der Waals surface area contributed by atoms with Gasteiger partial charge in [-0.3, -0.25) is 4.55 Å². The Bertz CT molecular complexity index is 1620. The average Bonchev–Trinajstić information content (AvgIpc) is 3.43. The molecule has 0 saturated carbocycles. The van der Waals surface area contributed by atoms with E-state index in [0.29, 0.717) is 47.1 Å². The van der Waals surface area contributed by atoms with E-state index in [1.807, 2.05) is 42.5 Å². The van der Waals surface area contributed by atoms with Gasteiger partial charge in [-0.1, -0.05) is 67.1 Å². The first-order valence-corrected chi connectivity index (χ1v) is 13.5. The molecular weight excluding hydrogens is 519 g/mol. The number of aromatic amines is 1. The van der Waals surface area contributed by atoms with Crippen LogP contribution in [0.4, 0.5) is 4.39 Å². The Hall–Kier alpha value is -3.67.